The Morgan fingerprint density at radius 3 is 2.58 bits per heavy atom. The van der Waals surface area contributed by atoms with Crippen molar-refractivity contribution < 1.29 is 24.2 Å². The molecule has 2 fully saturated rings. The van der Waals surface area contributed by atoms with Gasteiger partial charge in [-0.25, -0.2) is 0 Å². The third kappa shape index (κ3) is 6.20. The third-order valence-corrected chi connectivity index (χ3v) is 6.23. The molecule has 1 aromatic carbocycles. The van der Waals surface area contributed by atoms with Gasteiger partial charge >= 0.3 is 23.1 Å². The number of carbonyl (C=O) groups is 3. The molecule has 0 bridgehead atoms. The van der Waals surface area contributed by atoms with E-state index < -0.39 is 30.1 Å². The van der Waals surface area contributed by atoms with Crippen molar-refractivity contribution in [3.8, 4) is 0 Å². The van der Waals surface area contributed by atoms with E-state index in [4.69, 9.17) is 4.74 Å². The van der Waals surface area contributed by atoms with Gasteiger partial charge < -0.3 is 24.9 Å². The summed E-state index contributed by atoms with van der Waals surface area (Å²) in [5, 5.41) is 16.1. The molecule has 8 heteroatoms. The fourth-order valence-electron chi connectivity index (χ4n) is 4.81. The summed E-state index contributed by atoms with van der Waals surface area (Å²) in [4.78, 5) is 38.7. The summed E-state index contributed by atoms with van der Waals surface area (Å²) in [5.74, 6) is -1.80. The van der Waals surface area contributed by atoms with E-state index in [1.165, 1.54) is 4.90 Å². The summed E-state index contributed by atoms with van der Waals surface area (Å²) < 4.78 is 5.17. The number of benzene rings is 1. The van der Waals surface area contributed by atoms with Crippen LogP contribution in [0.5, 0.6) is 0 Å². The van der Waals surface area contributed by atoms with Crippen LogP contribution < -0.4 is 5.11 Å². The van der Waals surface area contributed by atoms with E-state index in [9.17, 15) is 19.5 Å². The summed E-state index contributed by atoms with van der Waals surface area (Å²) >= 11 is 0. The van der Waals surface area contributed by atoms with Crippen LogP contribution in [-0.2, 0) is 25.5 Å². The number of amides is 1. The number of aryl methyl sites for hydroxylation is 1. The van der Waals surface area contributed by atoms with E-state index >= 15 is 0 Å². The van der Waals surface area contributed by atoms with Gasteiger partial charge in [0.15, 0.2) is 0 Å². The van der Waals surface area contributed by atoms with Crippen molar-refractivity contribution in [3.05, 3.63) is 41.2 Å². The Labute approximate surface area is 200 Å². The maximum atomic E-state index is 13.2. The molecule has 31 heavy (non-hydrogen) atoms. The first-order valence-electron chi connectivity index (χ1n) is 10.9. The number of ether oxygens (including phenoxy) is 1. The summed E-state index contributed by atoms with van der Waals surface area (Å²) in [5.41, 5.74) is 1.08. The minimum Gasteiger partial charge on any atom is -0.640 e. The quantitative estimate of drug-likeness (QED) is 0.429. The number of aliphatic carboxylic acids is 1. The molecule has 7 nitrogen and oxygen atoms in total. The molecule has 1 aromatic rings. The van der Waals surface area contributed by atoms with Crippen molar-refractivity contribution >= 4 is 40.9 Å². The Morgan fingerprint density at radius 1 is 1.23 bits per heavy atom. The van der Waals surface area contributed by atoms with Crippen molar-refractivity contribution in [2.75, 3.05) is 6.61 Å². The van der Waals surface area contributed by atoms with Gasteiger partial charge in [-0.2, -0.15) is 0 Å². The summed E-state index contributed by atoms with van der Waals surface area (Å²) in [7, 11) is 0. The summed E-state index contributed by atoms with van der Waals surface area (Å²) in [6.07, 6.45) is 4.24. The van der Waals surface area contributed by atoms with Crippen LogP contribution in [0.4, 0.5) is 0 Å². The number of hydrogen-bond acceptors (Lipinski definition) is 5. The van der Waals surface area contributed by atoms with Gasteiger partial charge in [0, 0.05) is 6.04 Å². The van der Waals surface area contributed by atoms with Crippen LogP contribution in [0.1, 0.15) is 51.5 Å². The number of carbonyl (C=O) groups excluding carboxylic acids is 3. The van der Waals surface area contributed by atoms with Gasteiger partial charge in [0.25, 0.3) is 5.97 Å². The minimum absolute atomic E-state index is 0. The largest absolute Gasteiger partial charge is 2.00 e. The maximum absolute atomic E-state index is 13.2. The zero-order valence-electron chi connectivity index (χ0n) is 18.4. The first-order valence-corrected chi connectivity index (χ1v) is 10.9. The molecular formula is C23H30MgN2O5. The van der Waals surface area contributed by atoms with Crippen molar-refractivity contribution in [3.63, 3.8) is 0 Å². The van der Waals surface area contributed by atoms with Gasteiger partial charge in [0.1, 0.15) is 0 Å². The number of rotatable bonds is 9. The zero-order chi connectivity index (χ0) is 21.7. The molecule has 1 saturated heterocycles. The smallest absolute Gasteiger partial charge is 0.640 e. The van der Waals surface area contributed by atoms with E-state index in [1.54, 1.807) is 13.8 Å². The van der Waals surface area contributed by atoms with E-state index in [0.717, 1.165) is 24.8 Å². The number of likely N-dealkylation sites (tertiary alicyclic amines) is 1. The third-order valence-electron chi connectivity index (χ3n) is 6.23. The molecule has 1 amide bonds. The molecule has 0 spiro atoms. The Morgan fingerprint density at radius 2 is 1.94 bits per heavy atom. The SMILES string of the molecule is CCOC(=O)[C@H](CCc1ccccc1)[N-][C@@H](C)C(=O)N1[C@H](C(=O)[O-])C[C@@H]2CCC[C@@H]21.[Mg+2]. The fraction of sp³-hybridized carbons (Fsp3) is 0.609. The van der Waals surface area contributed by atoms with Crippen LogP contribution in [0.15, 0.2) is 30.3 Å². The molecule has 5 atom stereocenters. The number of carboxylic acid groups (broad SMARTS) is 1. The second kappa shape index (κ2) is 11.8. The van der Waals surface area contributed by atoms with E-state index in [1.807, 2.05) is 30.3 Å². The molecule has 0 N–H and O–H groups in total. The molecule has 3 rings (SSSR count). The number of nitrogens with zero attached hydrogens (tertiary/aromatic N) is 2. The normalized spacial score (nSPS) is 24.1. The Hall–Kier alpha value is -1.64. The zero-order valence-corrected chi connectivity index (χ0v) is 19.8. The van der Waals surface area contributed by atoms with Gasteiger partial charge in [-0.3, -0.25) is 9.59 Å². The number of carboxylic acids is 1. The molecule has 164 valence electrons. The van der Waals surface area contributed by atoms with Crippen LogP contribution in [0.3, 0.4) is 0 Å². The van der Waals surface area contributed by atoms with E-state index in [2.05, 4.69) is 5.32 Å². The molecule has 0 aromatic heterocycles. The van der Waals surface area contributed by atoms with E-state index in [0.29, 0.717) is 19.3 Å². The van der Waals surface area contributed by atoms with Crippen LogP contribution in [0.2, 0.25) is 0 Å². The second-order valence-electron chi connectivity index (χ2n) is 8.19. The monoisotopic (exact) mass is 438 g/mol. The van der Waals surface area contributed by atoms with Gasteiger partial charge in [-0.05, 0) is 50.1 Å². The topological polar surface area (TPSA) is 101 Å². The predicted molar refractivity (Wildman–Crippen MR) is 115 cm³/mol. The fourth-order valence-corrected chi connectivity index (χ4v) is 4.81. The number of fused-ring (bicyclic) bond motifs is 1. The van der Waals surface area contributed by atoms with Crippen LogP contribution >= 0.6 is 0 Å². The van der Waals surface area contributed by atoms with Crippen molar-refractivity contribution in [1.82, 2.24) is 4.90 Å². The van der Waals surface area contributed by atoms with Crippen molar-refractivity contribution in [2.45, 2.75) is 76.5 Å². The predicted octanol–water partition coefficient (Wildman–Crippen LogP) is 1.45. The van der Waals surface area contributed by atoms with E-state index in [-0.39, 0.29) is 47.5 Å². The van der Waals surface area contributed by atoms with Gasteiger partial charge in [-0.1, -0.05) is 56.1 Å². The van der Waals surface area contributed by atoms with Gasteiger partial charge in [0.05, 0.1) is 18.6 Å². The molecule has 0 radical (unpaired) electrons. The minimum atomic E-state index is -1.21. The van der Waals surface area contributed by atoms with Crippen molar-refractivity contribution in [1.29, 1.82) is 0 Å². The average molecular weight is 439 g/mol. The number of esters is 1. The Bertz CT molecular complexity index is 760. The maximum Gasteiger partial charge on any atom is 2.00 e. The molecular weight excluding hydrogens is 409 g/mol. The van der Waals surface area contributed by atoms with Crippen LogP contribution in [-0.4, -0.2) is 76.6 Å². The molecule has 2 aliphatic rings. The second-order valence-corrected chi connectivity index (χ2v) is 8.19. The summed E-state index contributed by atoms with van der Waals surface area (Å²) in [6.45, 7) is 3.60. The standard InChI is InChI=1S/C23H31N2O5.Mg/c1-3-30-23(29)18(13-12-16-8-5-4-6-9-16)24-15(2)21(26)25-19-11-7-10-17(19)14-20(25)22(27)28;/h4-6,8-9,15,17-20H,3,7,10-14H2,1-2H3,(H,27,28);/q-1;+2/p-1/t15-,17-,18-,19-,20-;/m0./s1. The summed E-state index contributed by atoms with van der Waals surface area (Å²) in [6, 6.07) is 7.19. The molecule has 1 heterocycles. The van der Waals surface area contributed by atoms with Gasteiger partial charge in [0.2, 0.25) is 5.91 Å². The average Bonchev–Trinajstić information content (AvgIpc) is 3.32. The molecule has 1 saturated carbocycles. The van der Waals surface area contributed by atoms with Gasteiger partial charge in [-0.15, -0.1) is 0 Å². The molecule has 0 unspecified atom stereocenters. The first-order chi connectivity index (χ1) is 14.4. The van der Waals surface area contributed by atoms with Crippen LogP contribution in [0, 0.1) is 5.92 Å². The molecule has 1 aliphatic carbocycles. The Balaban J connectivity index is 0.00000341. The molecule has 1 aliphatic heterocycles. The first kappa shape index (κ1) is 25.6. The Kier molecular flexibility index (Phi) is 9.77. The van der Waals surface area contributed by atoms with Crippen molar-refractivity contribution in [2.24, 2.45) is 5.92 Å². The number of hydrogen-bond donors (Lipinski definition) is 0. The van der Waals surface area contributed by atoms with Crippen LogP contribution in [0.25, 0.3) is 5.32 Å².